The van der Waals surface area contributed by atoms with Crippen LogP contribution in [0.1, 0.15) is 6.42 Å². The van der Waals surface area contributed by atoms with Crippen molar-refractivity contribution in [1.29, 1.82) is 0 Å². The molecule has 0 bridgehead atoms. The van der Waals surface area contributed by atoms with Crippen LogP contribution in [0.4, 0.5) is 10.1 Å². The summed E-state index contributed by atoms with van der Waals surface area (Å²) in [5.74, 6) is -0.744. The highest BCUT2D eigenvalue weighted by molar-refractivity contribution is 7.89. The Morgan fingerprint density at radius 3 is 2.90 bits per heavy atom. The molecule has 0 saturated heterocycles. The van der Waals surface area contributed by atoms with Crippen molar-refractivity contribution in [2.75, 3.05) is 12.3 Å². The minimum Gasteiger partial charge on any atom is -0.395 e. The van der Waals surface area contributed by atoms with Crippen molar-refractivity contribution in [2.45, 2.75) is 17.9 Å². The van der Waals surface area contributed by atoms with Gasteiger partial charge in [-0.1, -0.05) is 6.07 Å². The van der Waals surface area contributed by atoms with Gasteiger partial charge in [-0.3, -0.25) is 0 Å². The fourth-order valence-corrected chi connectivity index (χ4v) is 2.93. The van der Waals surface area contributed by atoms with Crippen LogP contribution in [0.3, 0.4) is 0 Å². The first-order valence-corrected chi connectivity index (χ1v) is 7.48. The standard InChI is InChI=1S/C12H15FN4O2S/c13-10-3-1-4-11(12(10)14)20(18,19)16-5-2-7-17-8-6-15-9-17/h1,3-4,6,8-9,16H,2,5,7,14H2. The minimum atomic E-state index is -3.79. The Morgan fingerprint density at radius 2 is 2.20 bits per heavy atom. The molecule has 3 N–H and O–H groups in total. The lowest BCUT2D eigenvalue weighted by Gasteiger charge is -2.09. The number of benzene rings is 1. The number of aryl methyl sites for hydroxylation is 1. The average molecular weight is 298 g/mol. The van der Waals surface area contributed by atoms with Crippen molar-refractivity contribution >= 4 is 15.7 Å². The number of nitrogens with two attached hydrogens (primary N) is 1. The van der Waals surface area contributed by atoms with Gasteiger partial charge in [0.25, 0.3) is 0 Å². The number of nitrogens with one attached hydrogen (secondary N) is 1. The largest absolute Gasteiger partial charge is 0.395 e. The maximum atomic E-state index is 13.3. The van der Waals surface area contributed by atoms with Gasteiger partial charge in [0, 0.05) is 25.5 Å². The maximum Gasteiger partial charge on any atom is 0.242 e. The van der Waals surface area contributed by atoms with Gasteiger partial charge < -0.3 is 10.3 Å². The fourth-order valence-electron chi connectivity index (χ4n) is 1.72. The van der Waals surface area contributed by atoms with E-state index in [1.165, 1.54) is 12.1 Å². The lowest BCUT2D eigenvalue weighted by atomic mass is 10.3. The van der Waals surface area contributed by atoms with Crippen molar-refractivity contribution in [1.82, 2.24) is 14.3 Å². The molecule has 1 aromatic heterocycles. The second-order valence-electron chi connectivity index (χ2n) is 4.20. The Labute approximate surface area is 116 Å². The molecule has 0 amide bonds. The topological polar surface area (TPSA) is 90.0 Å². The summed E-state index contributed by atoms with van der Waals surface area (Å²) in [5, 5.41) is 0. The number of para-hydroxylation sites is 1. The molecule has 2 aromatic rings. The van der Waals surface area contributed by atoms with E-state index in [0.29, 0.717) is 13.0 Å². The van der Waals surface area contributed by atoms with E-state index in [1.807, 2.05) is 4.57 Å². The normalized spacial score (nSPS) is 11.7. The number of halogens is 1. The molecule has 0 radical (unpaired) electrons. The van der Waals surface area contributed by atoms with Crippen molar-refractivity contribution in [3.05, 3.63) is 42.7 Å². The summed E-state index contributed by atoms with van der Waals surface area (Å²) in [7, 11) is -3.79. The molecule has 2 rings (SSSR count). The number of aromatic nitrogens is 2. The predicted octanol–water partition coefficient (Wildman–Crippen LogP) is 0.973. The average Bonchev–Trinajstić information content (AvgIpc) is 2.91. The Morgan fingerprint density at radius 1 is 1.40 bits per heavy atom. The van der Waals surface area contributed by atoms with Gasteiger partial charge >= 0.3 is 0 Å². The summed E-state index contributed by atoms with van der Waals surface area (Å²) in [6.07, 6.45) is 5.68. The van der Waals surface area contributed by atoms with Crippen molar-refractivity contribution in [3.8, 4) is 0 Å². The number of nitrogen functional groups attached to an aromatic ring is 1. The number of nitrogens with zero attached hydrogens (tertiary/aromatic N) is 2. The summed E-state index contributed by atoms with van der Waals surface area (Å²) in [5.41, 5.74) is 5.08. The second kappa shape index (κ2) is 6.02. The van der Waals surface area contributed by atoms with E-state index in [1.54, 1.807) is 18.7 Å². The van der Waals surface area contributed by atoms with Gasteiger partial charge in [-0.25, -0.2) is 22.5 Å². The molecule has 108 valence electrons. The summed E-state index contributed by atoms with van der Waals surface area (Å²) in [4.78, 5) is 3.65. The number of imidazole rings is 1. The monoisotopic (exact) mass is 298 g/mol. The van der Waals surface area contributed by atoms with Crippen LogP contribution >= 0.6 is 0 Å². The molecule has 8 heteroatoms. The molecule has 20 heavy (non-hydrogen) atoms. The van der Waals surface area contributed by atoms with Crippen LogP contribution in [-0.4, -0.2) is 24.5 Å². The Balaban J connectivity index is 1.95. The Hall–Kier alpha value is -1.93. The first-order chi connectivity index (χ1) is 9.50. The summed E-state index contributed by atoms with van der Waals surface area (Å²) >= 11 is 0. The highest BCUT2D eigenvalue weighted by Gasteiger charge is 2.18. The second-order valence-corrected chi connectivity index (χ2v) is 5.94. The fraction of sp³-hybridized carbons (Fsp3) is 0.250. The smallest absolute Gasteiger partial charge is 0.242 e. The molecule has 0 aliphatic carbocycles. The van der Waals surface area contributed by atoms with Crippen LogP contribution < -0.4 is 10.5 Å². The molecule has 0 aliphatic rings. The Kier molecular flexibility index (Phi) is 4.35. The van der Waals surface area contributed by atoms with E-state index in [4.69, 9.17) is 5.73 Å². The Bertz CT molecular complexity index is 671. The molecular formula is C12H15FN4O2S. The van der Waals surface area contributed by atoms with E-state index >= 15 is 0 Å². The molecule has 0 aliphatic heterocycles. The van der Waals surface area contributed by atoms with Crippen LogP contribution in [0.25, 0.3) is 0 Å². The van der Waals surface area contributed by atoms with Gasteiger partial charge in [-0.15, -0.1) is 0 Å². The number of hydrogen-bond donors (Lipinski definition) is 2. The van der Waals surface area contributed by atoms with Crippen LogP contribution in [-0.2, 0) is 16.6 Å². The van der Waals surface area contributed by atoms with E-state index in [0.717, 1.165) is 6.07 Å². The molecule has 0 spiro atoms. The molecule has 6 nitrogen and oxygen atoms in total. The molecule has 0 unspecified atom stereocenters. The van der Waals surface area contributed by atoms with Gasteiger partial charge in [-0.2, -0.15) is 0 Å². The molecule has 0 atom stereocenters. The first-order valence-electron chi connectivity index (χ1n) is 6.00. The van der Waals surface area contributed by atoms with Crippen molar-refractivity contribution in [2.24, 2.45) is 0 Å². The van der Waals surface area contributed by atoms with E-state index in [9.17, 15) is 12.8 Å². The lowest BCUT2D eigenvalue weighted by Crippen LogP contribution is -2.26. The molecular weight excluding hydrogens is 283 g/mol. The zero-order valence-corrected chi connectivity index (χ0v) is 11.5. The molecule has 0 fully saturated rings. The molecule has 1 heterocycles. The van der Waals surface area contributed by atoms with Gasteiger partial charge in [-0.05, 0) is 18.6 Å². The van der Waals surface area contributed by atoms with E-state index in [-0.39, 0.29) is 17.1 Å². The van der Waals surface area contributed by atoms with Crippen LogP contribution in [0.2, 0.25) is 0 Å². The van der Waals surface area contributed by atoms with E-state index < -0.39 is 15.8 Å². The van der Waals surface area contributed by atoms with Gasteiger partial charge in [0.1, 0.15) is 10.7 Å². The third-order valence-corrected chi connectivity index (χ3v) is 4.27. The van der Waals surface area contributed by atoms with Crippen molar-refractivity contribution in [3.63, 3.8) is 0 Å². The zero-order chi connectivity index (χ0) is 14.6. The van der Waals surface area contributed by atoms with Gasteiger partial charge in [0.15, 0.2) is 0 Å². The summed E-state index contributed by atoms with van der Waals surface area (Å²) in [6, 6.07) is 3.70. The number of rotatable bonds is 6. The lowest BCUT2D eigenvalue weighted by molar-refractivity contribution is 0.568. The van der Waals surface area contributed by atoms with Gasteiger partial charge in [0.2, 0.25) is 10.0 Å². The highest BCUT2D eigenvalue weighted by atomic mass is 32.2. The number of sulfonamides is 1. The van der Waals surface area contributed by atoms with Crippen molar-refractivity contribution < 1.29 is 12.8 Å². The highest BCUT2D eigenvalue weighted by Crippen LogP contribution is 2.20. The quantitative estimate of drug-likeness (QED) is 0.614. The predicted molar refractivity (Wildman–Crippen MR) is 72.8 cm³/mol. The maximum absolute atomic E-state index is 13.3. The molecule has 1 aromatic carbocycles. The van der Waals surface area contributed by atoms with E-state index in [2.05, 4.69) is 9.71 Å². The van der Waals surface area contributed by atoms with Gasteiger partial charge in [0.05, 0.1) is 12.0 Å². The third kappa shape index (κ3) is 3.34. The first kappa shape index (κ1) is 14.5. The summed E-state index contributed by atoms with van der Waals surface area (Å²) in [6.45, 7) is 0.873. The third-order valence-electron chi connectivity index (χ3n) is 2.75. The minimum absolute atomic E-state index is 0.233. The van der Waals surface area contributed by atoms with Crippen LogP contribution in [0.5, 0.6) is 0 Å². The van der Waals surface area contributed by atoms with Crippen LogP contribution in [0, 0.1) is 5.82 Å². The SMILES string of the molecule is Nc1c(F)cccc1S(=O)(=O)NCCCn1ccnc1. The molecule has 0 saturated carbocycles. The number of hydrogen-bond acceptors (Lipinski definition) is 4. The zero-order valence-electron chi connectivity index (χ0n) is 10.7. The van der Waals surface area contributed by atoms with Crippen LogP contribution in [0.15, 0.2) is 41.8 Å². The number of anilines is 1. The summed E-state index contributed by atoms with van der Waals surface area (Å²) < 4.78 is 41.5.